The van der Waals surface area contributed by atoms with E-state index in [1.807, 2.05) is 75.3 Å². The number of nitriles is 1. The van der Waals surface area contributed by atoms with E-state index in [9.17, 15) is 0 Å². The maximum Gasteiger partial charge on any atom is 0.0987 e. The van der Waals surface area contributed by atoms with Crippen molar-refractivity contribution < 1.29 is 0 Å². The Bertz CT molecular complexity index is 831. The lowest BCUT2D eigenvalue weighted by molar-refractivity contribution is -0.128. The molecule has 0 aromatic carbocycles. The summed E-state index contributed by atoms with van der Waals surface area (Å²) in [6.07, 6.45) is 23.7. The lowest BCUT2D eigenvalue weighted by Gasteiger charge is -2.63. The van der Waals surface area contributed by atoms with Crippen LogP contribution in [0.4, 0.5) is 0 Å². The van der Waals surface area contributed by atoms with Gasteiger partial charge in [-0.2, -0.15) is 5.26 Å². The molecule has 4 aliphatic rings. The Morgan fingerprint density at radius 3 is 1.83 bits per heavy atom. The van der Waals surface area contributed by atoms with Crippen molar-refractivity contribution in [2.45, 2.75) is 181 Å². The number of allylic oxidation sites excluding steroid dienone is 4. The topological polar surface area (TPSA) is 35.8 Å². The van der Waals surface area contributed by atoms with Gasteiger partial charge in [-0.1, -0.05) is 146 Å². The predicted molar refractivity (Wildman–Crippen MR) is 212 cm³/mol. The van der Waals surface area contributed by atoms with Crippen LogP contribution in [0.25, 0.3) is 0 Å². The average molecular weight is 643 g/mol. The highest BCUT2D eigenvalue weighted by Crippen LogP contribution is 2.67. The highest BCUT2D eigenvalue weighted by molar-refractivity contribution is 5.30. The zero-order valence-electron chi connectivity index (χ0n) is 34.5. The van der Waals surface area contributed by atoms with E-state index in [0.717, 1.165) is 42.1 Å². The van der Waals surface area contributed by atoms with Crippen LogP contribution in [-0.4, -0.2) is 13.6 Å². The molecule has 4 aliphatic carbocycles. The smallest absolute Gasteiger partial charge is 0.0987 e. The lowest BCUT2D eigenvalue weighted by atomic mass is 9.42. The molecule has 272 valence electrons. The molecule has 0 aromatic rings. The summed E-state index contributed by atoms with van der Waals surface area (Å²) in [6.45, 7) is 36.5. The predicted octanol–water partition coefficient (Wildman–Crippen LogP) is 14.4. The van der Waals surface area contributed by atoms with E-state index < -0.39 is 0 Å². The molecule has 0 bridgehead atoms. The van der Waals surface area contributed by atoms with Crippen LogP contribution in [0.3, 0.4) is 0 Å². The molecule has 2 heteroatoms. The van der Waals surface area contributed by atoms with Gasteiger partial charge in [0.25, 0.3) is 0 Å². The highest BCUT2D eigenvalue weighted by Gasteiger charge is 2.58. The molecule has 2 nitrogen and oxygen atoms in total. The first-order valence-corrected chi connectivity index (χ1v) is 20.3. The fraction of sp³-hybridized carbons (Fsp3) is 0.841. The molecule has 1 N–H and O–H groups in total. The van der Waals surface area contributed by atoms with Gasteiger partial charge in [-0.25, -0.2) is 0 Å². The normalized spacial score (nSPS) is 32.6. The first-order chi connectivity index (χ1) is 22.3. The molecule has 4 saturated carbocycles. The molecule has 0 heterocycles. The number of rotatable bonds is 5. The van der Waals surface area contributed by atoms with Crippen LogP contribution in [0.15, 0.2) is 36.0 Å². The Morgan fingerprint density at radius 2 is 1.37 bits per heavy atom. The van der Waals surface area contributed by atoms with Gasteiger partial charge < -0.3 is 5.32 Å². The first kappa shape index (κ1) is 49.1. The molecule has 0 radical (unpaired) electrons. The second-order valence-corrected chi connectivity index (χ2v) is 13.0. The van der Waals surface area contributed by atoms with Crippen molar-refractivity contribution in [3.8, 4) is 6.07 Å². The summed E-state index contributed by atoms with van der Waals surface area (Å²) in [5.74, 6) is 5.88. The summed E-state index contributed by atoms with van der Waals surface area (Å²) in [4.78, 5) is 0. The Balaban J connectivity index is -0.000000924. The molecule has 8 atom stereocenters. The van der Waals surface area contributed by atoms with Crippen LogP contribution < -0.4 is 5.32 Å². The molecule has 4 fully saturated rings. The molecule has 0 amide bonds. The van der Waals surface area contributed by atoms with Crippen LogP contribution in [0.2, 0.25) is 0 Å². The summed E-state index contributed by atoms with van der Waals surface area (Å²) < 4.78 is 0. The van der Waals surface area contributed by atoms with Crippen molar-refractivity contribution in [3.05, 3.63) is 36.0 Å². The molecular weight excluding hydrogens is 556 g/mol. The number of hydrogen-bond donors (Lipinski definition) is 1. The molecule has 46 heavy (non-hydrogen) atoms. The zero-order valence-corrected chi connectivity index (χ0v) is 34.5. The Labute approximate surface area is 292 Å². The van der Waals surface area contributed by atoms with E-state index in [1.165, 1.54) is 63.9 Å². The third-order valence-electron chi connectivity index (χ3n) is 11.7. The summed E-state index contributed by atoms with van der Waals surface area (Å²) in [6, 6.07) is 1.94. The van der Waals surface area contributed by atoms with Gasteiger partial charge in [-0.3, -0.25) is 0 Å². The van der Waals surface area contributed by atoms with E-state index in [1.54, 1.807) is 37.8 Å². The molecular formula is C44H86N2. The minimum absolute atomic E-state index is 0.554. The number of nitrogens with zero attached hydrogens (tertiary/aromatic N) is 1. The molecule has 0 spiro atoms. The molecule has 8 unspecified atom stereocenters. The quantitative estimate of drug-likeness (QED) is 0.184. The van der Waals surface area contributed by atoms with E-state index in [0.29, 0.717) is 16.4 Å². The van der Waals surface area contributed by atoms with Crippen molar-refractivity contribution in [2.75, 3.05) is 13.6 Å². The van der Waals surface area contributed by atoms with Gasteiger partial charge in [0.15, 0.2) is 0 Å². The largest absolute Gasteiger partial charge is 0.316 e. The lowest BCUT2D eigenvalue weighted by Crippen LogP contribution is -2.55. The minimum Gasteiger partial charge on any atom is -0.316 e. The zero-order chi connectivity index (χ0) is 36.3. The van der Waals surface area contributed by atoms with Gasteiger partial charge in [0.1, 0.15) is 0 Å². The SMILES string of the molecule is C/C=C(\CNC)C1CCCC2C3CCC4CC(CC)CCCC4(C)C3CCC12C.C=C/C(C#N)=C\C.CC.CC.CC.CC.CC. The van der Waals surface area contributed by atoms with Gasteiger partial charge in [-0.05, 0) is 119 Å². The van der Waals surface area contributed by atoms with Crippen LogP contribution in [0.5, 0.6) is 0 Å². The van der Waals surface area contributed by atoms with Gasteiger partial charge in [-0.15, -0.1) is 0 Å². The van der Waals surface area contributed by atoms with Crippen molar-refractivity contribution in [1.29, 1.82) is 5.26 Å². The first-order valence-electron chi connectivity index (χ1n) is 20.3. The highest BCUT2D eigenvalue weighted by atomic mass is 14.8. The van der Waals surface area contributed by atoms with Crippen LogP contribution in [0, 0.1) is 57.7 Å². The maximum atomic E-state index is 8.14. The number of hydrogen-bond acceptors (Lipinski definition) is 2. The van der Waals surface area contributed by atoms with Gasteiger partial charge in [0.05, 0.1) is 6.07 Å². The van der Waals surface area contributed by atoms with Gasteiger partial charge in [0.2, 0.25) is 0 Å². The monoisotopic (exact) mass is 643 g/mol. The van der Waals surface area contributed by atoms with Crippen LogP contribution in [-0.2, 0) is 0 Å². The number of fused-ring (bicyclic) bond motifs is 5. The van der Waals surface area contributed by atoms with Crippen molar-refractivity contribution >= 4 is 0 Å². The third kappa shape index (κ3) is 12.9. The van der Waals surface area contributed by atoms with Crippen LogP contribution in [0.1, 0.15) is 181 Å². The summed E-state index contributed by atoms with van der Waals surface area (Å²) in [5, 5.41) is 11.6. The molecule has 0 aromatic heterocycles. The summed E-state index contributed by atoms with van der Waals surface area (Å²) >= 11 is 0. The van der Waals surface area contributed by atoms with E-state index >= 15 is 0 Å². The van der Waals surface area contributed by atoms with E-state index in [2.05, 4.69) is 52.7 Å². The Morgan fingerprint density at radius 1 is 0.783 bits per heavy atom. The Hall–Kier alpha value is -1.33. The summed E-state index contributed by atoms with van der Waals surface area (Å²) in [5.41, 5.74) is 3.53. The third-order valence-corrected chi connectivity index (χ3v) is 11.7. The van der Waals surface area contributed by atoms with Gasteiger partial charge in [0, 0.05) is 12.1 Å². The van der Waals surface area contributed by atoms with E-state index in [-0.39, 0.29) is 0 Å². The molecule has 0 saturated heterocycles. The average Bonchev–Trinajstić information content (AvgIpc) is 3.30. The Kier molecular flexibility index (Phi) is 30.6. The van der Waals surface area contributed by atoms with Crippen molar-refractivity contribution in [2.24, 2.45) is 46.3 Å². The van der Waals surface area contributed by atoms with Crippen molar-refractivity contribution in [3.63, 3.8) is 0 Å². The standard InChI is InChI=1S/C28H49N.C6H7N.5C2H6/c1-6-20-10-9-16-27(3)22(18-20)13-14-23-25-12-8-11-24(21(7-2)19-29-5)28(25,4)17-15-26(23)27;1-3-6(4-2)5-7;5*1-2/h7,20,22-26,29H,6,8-19H2,1-5H3;3-4H,1H2,2H3;5*1-2H3/b21-7+;6-4+;;;;;. The van der Waals surface area contributed by atoms with Gasteiger partial charge >= 0.3 is 0 Å². The van der Waals surface area contributed by atoms with Crippen LogP contribution >= 0.6 is 0 Å². The number of nitrogens with one attached hydrogen (secondary N) is 1. The minimum atomic E-state index is 0.554. The van der Waals surface area contributed by atoms with E-state index in [4.69, 9.17) is 5.26 Å². The second-order valence-electron chi connectivity index (χ2n) is 13.0. The fourth-order valence-electron chi connectivity index (χ4n) is 9.64. The fourth-order valence-corrected chi connectivity index (χ4v) is 9.64. The molecule has 0 aliphatic heterocycles. The second kappa shape index (κ2) is 28.7. The molecule has 4 rings (SSSR count). The maximum absolute atomic E-state index is 8.14. The van der Waals surface area contributed by atoms with Crippen molar-refractivity contribution in [1.82, 2.24) is 5.32 Å². The number of likely N-dealkylation sites (N-methyl/N-ethyl adjacent to an activating group) is 1. The summed E-state index contributed by atoms with van der Waals surface area (Å²) in [7, 11) is 2.13.